The molecule has 0 fully saturated rings. The first-order chi connectivity index (χ1) is 14.5. The normalized spacial score (nSPS) is 14.9. The molecule has 0 bridgehead atoms. The molecule has 0 saturated heterocycles. The number of rotatable bonds is 3. The van der Waals surface area contributed by atoms with Gasteiger partial charge in [0.2, 0.25) is 11.1 Å². The molecule has 166 valence electrons. The molecule has 4 heterocycles. The van der Waals surface area contributed by atoms with Crippen molar-refractivity contribution in [1.29, 1.82) is 0 Å². The van der Waals surface area contributed by atoms with Crippen molar-refractivity contribution in [2.45, 2.75) is 45.1 Å². The summed E-state index contributed by atoms with van der Waals surface area (Å²) in [5.74, 6) is -1.45. The first-order valence-corrected chi connectivity index (χ1v) is 10.4. The lowest BCUT2D eigenvalue weighted by atomic mass is 10.0. The standard InChI is InChI=1S/C18H14ClF6N5S/c1-2-3-8-6-10-13(28-16(19)29-14(10)31-8)30-5-4-9-11(7-30)26-15(18(23,24)25)27-12(9)17(20,21)22/h6H,2-5,7H2,1H3. The van der Waals surface area contributed by atoms with Gasteiger partial charge in [-0.3, -0.25) is 0 Å². The van der Waals surface area contributed by atoms with Crippen LogP contribution in [0.25, 0.3) is 10.2 Å². The van der Waals surface area contributed by atoms with Gasteiger partial charge in [0.05, 0.1) is 17.6 Å². The zero-order valence-corrected chi connectivity index (χ0v) is 17.5. The second kappa shape index (κ2) is 7.73. The molecule has 0 N–H and O–H groups in total. The Morgan fingerprint density at radius 3 is 2.45 bits per heavy atom. The van der Waals surface area contributed by atoms with Crippen molar-refractivity contribution >= 4 is 39.0 Å². The number of hydrogen-bond acceptors (Lipinski definition) is 6. The van der Waals surface area contributed by atoms with E-state index in [0.29, 0.717) is 16.0 Å². The first-order valence-electron chi connectivity index (χ1n) is 9.22. The van der Waals surface area contributed by atoms with E-state index >= 15 is 0 Å². The number of alkyl halides is 6. The molecule has 0 atom stereocenters. The van der Waals surface area contributed by atoms with Gasteiger partial charge in [-0.1, -0.05) is 13.3 Å². The average Bonchev–Trinajstić information content (AvgIpc) is 3.07. The van der Waals surface area contributed by atoms with Crippen LogP contribution < -0.4 is 4.90 Å². The van der Waals surface area contributed by atoms with Gasteiger partial charge in [0, 0.05) is 17.0 Å². The molecule has 0 amide bonds. The Morgan fingerprint density at radius 1 is 1.06 bits per heavy atom. The van der Waals surface area contributed by atoms with E-state index in [9.17, 15) is 26.3 Å². The lowest BCUT2D eigenvalue weighted by molar-refractivity contribution is -0.153. The molecule has 0 aliphatic carbocycles. The second-order valence-corrected chi connectivity index (χ2v) is 8.44. The highest BCUT2D eigenvalue weighted by molar-refractivity contribution is 7.18. The quantitative estimate of drug-likeness (QED) is 0.355. The van der Waals surface area contributed by atoms with E-state index in [4.69, 9.17) is 11.6 Å². The Morgan fingerprint density at radius 2 is 1.81 bits per heavy atom. The number of halogens is 7. The molecular formula is C18H14ClF6N5S. The van der Waals surface area contributed by atoms with Crippen LogP contribution in [0, 0.1) is 0 Å². The smallest absolute Gasteiger partial charge is 0.350 e. The highest BCUT2D eigenvalue weighted by Gasteiger charge is 2.43. The SMILES string of the molecule is CCCc1cc2c(N3CCc4c(nc(C(F)(F)F)nc4C(F)(F)F)C3)nc(Cl)nc2s1. The van der Waals surface area contributed by atoms with Crippen molar-refractivity contribution in [3.05, 3.63) is 39.0 Å². The maximum absolute atomic E-state index is 13.4. The van der Waals surface area contributed by atoms with Crippen molar-refractivity contribution < 1.29 is 26.3 Å². The van der Waals surface area contributed by atoms with Crippen molar-refractivity contribution in [1.82, 2.24) is 19.9 Å². The van der Waals surface area contributed by atoms with E-state index < -0.39 is 23.9 Å². The molecule has 0 saturated carbocycles. The molecule has 0 radical (unpaired) electrons. The Balaban J connectivity index is 1.80. The third-order valence-corrected chi connectivity index (χ3v) is 6.04. The third kappa shape index (κ3) is 4.27. The van der Waals surface area contributed by atoms with Crippen LogP contribution in [0.5, 0.6) is 0 Å². The van der Waals surface area contributed by atoms with E-state index in [2.05, 4.69) is 19.9 Å². The Labute approximate surface area is 181 Å². The zero-order valence-electron chi connectivity index (χ0n) is 15.9. The van der Waals surface area contributed by atoms with Gasteiger partial charge < -0.3 is 4.90 Å². The van der Waals surface area contributed by atoms with Gasteiger partial charge in [-0.15, -0.1) is 11.3 Å². The molecule has 3 aromatic rings. The summed E-state index contributed by atoms with van der Waals surface area (Å²) in [6, 6.07) is 1.88. The van der Waals surface area contributed by atoms with E-state index in [0.717, 1.165) is 17.7 Å². The Bertz CT molecular complexity index is 1140. The maximum Gasteiger partial charge on any atom is 0.451 e. The molecule has 1 aliphatic heterocycles. The summed E-state index contributed by atoms with van der Waals surface area (Å²) in [4.78, 5) is 17.8. The van der Waals surface area contributed by atoms with Crippen LogP contribution in [0.15, 0.2) is 6.07 Å². The minimum absolute atomic E-state index is 0.0483. The fraction of sp³-hybridized carbons (Fsp3) is 0.444. The summed E-state index contributed by atoms with van der Waals surface area (Å²) >= 11 is 7.46. The van der Waals surface area contributed by atoms with Gasteiger partial charge in [0.1, 0.15) is 10.6 Å². The average molecular weight is 482 g/mol. The van der Waals surface area contributed by atoms with E-state index in [1.54, 1.807) is 4.90 Å². The van der Waals surface area contributed by atoms with Gasteiger partial charge >= 0.3 is 12.4 Å². The fourth-order valence-electron chi connectivity index (χ4n) is 3.51. The Kier molecular flexibility index (Phi) is 5.49. The van der Waals surface area contributed by atoms with Crippen LogP contribution in [0.2, 0.25) is 5.28 Å². The Hall–Kier alpha value is -2.21. The van der Waals surface area contributed by atoms with Crippen LogP contribution in [-0.4, -0.2) is 26.5 Å². The number of aryl methyl sites for hydroxylation is 1. The highest BCUT2D eigenvalue weighted by atomic mass is 35.5. The third-order valence-electron chi connectivity index (χ3n) is 4.78. The topological polar surface area (TPSA) is 54.8 Å². The lowest BCUT2D eigenvalue weighted by Crippen LogP contribution is -2.35. The molecule has 0 aromatic carbocycles. The molecule has 13 heteroatoms. The number of aromatic nitrogens is 4. The van der Waals surface area contributed by atoms with E-state index in [1.165, 1.54) is 11.3 Å². The second-order valence-electron chi connectivity index (χ2n) is 6.99. The number of hydrogen-bond donors (Lipinski definition) is 0. The monoisotopic (exact) mass is 481 g/mol. The molecule has 5 nitrogen and oxygen atoms in total. The summed E-state index contributed by atoms with van der Waals surface area (Å²) in [6.07, 6.45) is -8.61. The molecule has 3 aromatic heterocycles. The van der Waals surface area contributed by atoms with Crippen molar-refractivity contribution in [3.63, 3.8) is 0 Å². The van der Waals surface area contributed by atoms with Crippen molar-refractivity contribution in [3.8, 4) is 0 Å². The molecule has 0 unspecified atom stereocenters. The van der Waals surface area contributed by atoms with Gasteiger partial charge in [-0.25, -0.2) is 15.0 Å². The molecule has 0 spiro atoms. The predicted molar refractivity (Wildman–Crippen MR) is 103 cm³/mol. The summed E-state index contributed by atoms with van der Waals surface area (Å²) in [7, 11) is 0. The number of anilines is 1. The number of fused-ring (bicyclic) bond motifs is 2. The zero-order chi connectivity index (χ0) is 22.6. The van der Waals surface area contributed by atoms with Crippen LogP contribution in [0.3, 0.4) is 0 Å². The molecular weight excluding hydrogens is 468 g/mol. The fourth-order valence-corrected chi connectivity index (χ4v) is 4.85. The van der Waals surface area contributed by atoms with E-state index in [1.807, 2.05) is 13.0 Å². The van der Waals surface area contributed by atoms with Crippen LogP contribution in [0.1, 0.15) is 41.0 Å². The van der Waals surface area contributed by atoms with Gasteiger partial charge in [0.25, 0.3) is 0 Å². The maximum atomic E-state index is 13.4. The highest BCUT2D eigenvalue weighted by Crippen LogP contribution is 2.39. The van der Waals surface area contributed by atoms with E-state index in [-0.39, 0.29) is 36.1 Å². The summed E-state index contributed by atoms with van der Waals surface area (Å²) in [5, 5.41) is 0.607. The van der Waals surface area contributed by atoms with Gasteiger partial charge in [-0.05, 0) is 30.5 Å². The molecule has 1 aliphatic rings. The largest absolute Gasteiger partial charge is 0.451 e. The summed E-state index contributed by atoms with van der Waals surface area (Å²) < 4.78 is 79.6. The molecule has 31 heavy (non-hydrogen) atoms. The minimum Gasteiger partial charge on any atom is -0.350 e. The summed E-state index contributed by atoms with van der Waals surface area (Å²) in [5.41, 5.74) is -2.20. The minimum atomic E-state index is -5.11. The number of nitrogens with zero attached hydrogens (tertiary/aromatic N) is 5. The van der Waals surface area contributed by atoms with Crippen molar-refractivity contribution in [2.75, 3.05) is 11.4 Å². The van der Waals surface area contributed by atoms with Gasteiger partial charge in [-0.2, -0.15) is 31.3 Å². The van der Waals surface area contributed by atoms with Crippen molar-refractivity contribution in [2.24, 2.45) is 0 Å². The first kappa shape index (κ1) is 22.0. The summed E-state index contributed by atoms with van der Waals surface area (Å²) in [6.45, 7) is 1.82. The van der Waals surface area contributed by atoms with Crippen LogP contribution in [0.4, 0.5) is 32.2 Å². The van der Waals surface area contributed by atoms with Gasteiger partial charge in [0.15, 0.2) is 5.69 Å². The predicted octanol–water partition coefficient (Wildman–Crippen LogP) is 5.69. The van der Waals surface area contributed by atoms with Crippen LogP contribution in [-0.2, 0) is 31.7 Å². The lowest BCUT2D eigenvalue weighted by Gasteiger charge is -2.31. The number of thiophene rings is 1. The van der Waals surface area contributed by atoms with Crippen LogP contribution >= 0.6 is 22.9 Å². The molecule has 4 rings (SSSR count).